The van der Waals surface area contributed by atoms with Gasteiger partial charge < -0.3 is 10.1 Å². The maximum absolute atomic E-state index is 13.1. The second-order valence-electron chi connectivity index (χ2n) is 11.1. The molecule has 2 aromatic rings. The van der Waals surface area contributed by atoms with E-state index < -0.39 is 0 Å². The number of hydrogen-bond donors (Lipinski definition) is 1. The number of hydrogen-bond acceptors (Lipinski definition) is 4. The summed E-state index contributed by atoms with van der Waals surface area (Å²) in [6.45, 7) is 11.7. The summed E-state index contributed by atoms with van der Waals surface area (Å²) < 4.78 is 6.23. The summed E-state index contributed by atoms with van der Waals surface area (Å²) in [6.07, 6.45) is 8.66. The summed E-state index contributed by atoms with van der Waals surface area (Å²) in [4.78, 5) is 26.3. The standard InChI is InChI=1S/C31H31NO3/c1-30(2,3)26-18-20(27-28(33)22-8-6-7-9-23(22)29(27)34)17-21(35-26)12-10-19-11-13-25-24(16-19)31(4,5)14-15-32-25/h6-13,16-18,32H,14-15H2,1-5H3. The summed E-state index contributed by atoms with van der Waals surface area (Å²) in [6, 6.07) is 13.5. The van der Waals surface area contributed by atoms with Gasteiger partial charge in [-0.3, -0.25) is 9.59 Å². The van der Waals surface area contributed by atoms with Gasteiger partial charge >= 0.3 is 0 Å². The number of benzene rings is 2. The van der Waals surface area contributed by atoms with Crippen LogP contribution in [0, 0.1) is 5.41 Å². The number of Topliss-reactive ketones (excluding diaryl/α,β-unsaturated/α-hetero) is 2. The number of allylic oxidation sites excluding steroid dienone is 6. The van der Waals surface area contributed by atoms with E-state index in [9.17, 15) is 9.59 Å². The summed E-state index contributed by atoms with van der Waals surface area (Å²) in [5.41, 5.74) is 5.14. The van der Waals surface area contributed by atoms with E-state index in [0.717, 1.165) is 24.3 Å². The number of carbonyl (C=O) groups excluding carboxylic acids is 2. The van der Waals surface area contributed by atoms with Crippen LogP contribution in [0.5, 0.6) is 0 Å². The molecule has 3 aliphatic rings. The number of ketones is 2. The highest BCUT2D eigenvalue weighted by Gasteiger charge is 2.36. The van der Waals surface area contributed by atoms with Crippen molar-refractivity contribution in [1.82, 2.24) is 0 Å². The third kappa shape index (κ3) is 4.18. The van der Waals surface area contributed by atoms with Gasteiger partial charge in [0.25, 0.3) is 0 Å². The van der Waals surface area contributed by atoms with Gasteiger partial charge in [0, 0.05) is 28.8 Å². The highest BCUT2D eigenvalue weighted by Crippen LogP contribution is 2.39. The Morgan fingerprint density at radius 1 is 0.943 bits per heavy atom. The molecule has 0 radical (unpaired) electrons. The second-order valence-corrected chi connectivity index (χ2v) is 11.1. The van der Waals surface area contributed by atoms with Gasteiger partial charge in [-0.25, -0.2) is 0 Å². The molecular formula is C31H31NO3. The number of carbonyl (C=O) groups is 2. The van der Waals surface area contributed by atoms with Crippen LogP contribution < -0.4 is 5.32 Å². The Labute approximate surface area is 207 Å². The third-order valence-electron chi connectivity index (χ3n) is 6.99. The van der Waals surface area contributed by atoms with E-state index in [1.807, 2.05) is 18.2 Å². The number of fused-ring (bicyclic) bond motifs is 2. The van der Waals surface area contributed by atoms with Crippen LogP contribution >= 0.6 is 0 Å². The lowest BCUT2D eigenvalue weighted by molar-refractivity contribution is 0.0987. The Balaban J connectivity index is 1.54. The lowest BCUT2D eigenvalue weighted by Gasteiger charge is -2.33. The molecule has 0 unspecified atom stereocenters. The molecule has 0 saturated heterocycles. The van der Waals surface area contributed by atoms with Crippen LogP contribution in [0.25, 0.3) is 6.08 Å². The lowest BCUT2D eigenvalue weighted by Crippen LogP contribution is -2.28. The fourth-order valence-corrected chi connectivity index (χ4v) is 4.83. The molecule has 0 saturated carbocycles. The first-order valence-corrected chi connectivity index (χ1v) is 12.2. The maximum atomic E-state index is 13.1. The summed E-state index contributed by atoms with van der Waals surface area (Å²) >= 11 is 0. The van der Waals surface area contributed by atoms with E-state index in [1.54, 1.807) is 30.3 Å². The Hall–Kier alpha value is -3.66. The van der Waals surface area contributed by atoms with E-state index in [4.69, 9.17) is 4.74 Å². The predicted octanol–water partition coefficient (Wildman–Crippen LogP) is 7.01. The van der Waals surface area contributed by atoms with Gasteiger partial charge in [-0.1, -0.05) is 71.0 Å². The zero-order chi connectivity index (χ0) is 25.0. The third-order valence-corrected chi connectivity index (χ3v) is 6.99. The molecular weight excluding hydrogens is 434 g/mol. The number of ether oxygens (including phenoxy) is 1. The minimum Gasteiger partial charge on any atom is -0.461 e. The normalized spacial score (nSPS) is 19.1. The molecule has 0 fully saturated rings. The van der Waals surface area contributed by atoms with Gasteiger partial charge in [0.2, 0.25) is 0 Å². The van der Waals surface area contributed by atoms with Crippen molar-refractivity contribution in [3.8, 4) is 0 Å². The first-order chi connectivity index (χ1) is 16.5. The molecule has 5 rings (SSSR count). The summed E-state index contributed by atoms with van der Waals surface area (Å²) in [5, 5.41) is 3.49. The molecule has 2 aromatic carbocycles. The molecule has 2 aliphatic heterocycles. The SMILES string of the molecule is CC(C)(C)C1=CC(=C2C(=O)c3ccccc3C2=O)C=C(C=Cc2ccc3c(c2)C(C)(C)CCN3)O1. The topological polar surface area (TPSA) is 55.4 Å². The molecule has 4 nitrogen and oxygen atoms in total. The van der Waals surface area contributed by atoms with Crippen LogP contribution in [-0.2, 0) is 10.2 Å². The Morgan fingerprint density at radius 2 is 1.63 bits per heavy atom. The van der Waals surface area contributed by atoms with Crippen molar-refractivity contribution in [2.75, 3.05) is 11.9 Å². The number of anilines is 1. The molecule has 0 spiro atoms. The molecule has 0 atom stereocenters. The van der Waals surface area contributed by atoms with Crippen molar-refractivity contribution >= 4 is 23.3 Å². The van der Waals surface area contributed by atoms with Gasteiger partial charge in [0.1, 0.15) is 11.5 Å². The fourth-order valence-electron chi connectivity index (χ4n) is 4.83. The van der Waals surface area contributed by atoms with Gasteiger partial charge in [-0.05, 0) is 58.9 Å². The van der Waals surface area contributed by atoms with Crippen molar-refractivity contribution in [2.45, 2.75) is 46.5 Å². The smallest absolute Gasteiger partial charge is 0.198 e. The van der Waals surface area contributed by atoms with Gasteiger partial charge in [-0.15, -0.1) is 0 Å². The molecule has 35 heavy (non-hydrogen) atoms. The molecule has 1 aliphatic carbocycles. The van der Waals surface area contributed by atoms with Gasteiger partial charge in [0.05, 0.1) is 5.57 Å². The van der Waals surface area contributed by atoms with Crippen LogP contribution in [0.15, 0.2) is 83.4 Å². The molecule has 0 amide bonds. The van der Waals surface area contributed by atoms with Crippen molar-refractivity contribution in [1.29, 1.82) is 0 Å². The average molecular weight is 466 g/mol. The fraction of sp³-hybridized carbons (Fsp3) is 0.290. The minimum absolute atomic E-state index is 0.114. The van der Waals surface area contributed by atoms with Crippen molar-refractivity contribution in [2.24, 2.45) is 5.41 Å². The monoisotopic (exact) mass is 465 g/mol. The molecule has 0 bridgehead atoms. The minimum atomic E-state index is -0.293. The Kier molecular flexibility index (Phi) is 5.43. The maximum Gasteiger partial charge on any atom is 0.198 e. The zero-order valence-electron chi connectivity index (χ0n) is 21.0. The van der Waals surface area contributed by atoms with E-state index >= 15 is 0 Å². The summed E-state index contributed by atoms with van der Waals surface area (Å²) in [7, 11) is 0. The van der Waals surface area contributed by atoms with Crippen LogP contribution in [0.1, 0.15) is 72.9 Å². The zero-order valence-corrected chi connectivity index (χ0v) is 21.0. The number of nitrogens with one attached hydrogen (secondary N) is 1. The lowest BCUT2D eigenvalue weighted by atomic mass is 9.78. The van der Waals surface area contributed by atoms with Gasteiger partial charge in [0.15, 0.2) is 11.6 Å². The number of rotatable bonds is 2. The highest BCUT2D eigenvalue weighted by molar-refractivity contribution is 6.40. The first-order valence-electron chi connectivity index (χ1n) is 12.2. The Morgan fingerprint density at radius 3 is 2.29 bits per heavy atom. The van der Waals surface area contributed by atoms with E-state index in [1.165, 1.54) is 11.3 Å². The Bertz CT molecular complexity index is 1340. The van der Waals surface area contributed by atoms with Crippen LogP contribution in [0.4, 0.5) is 5.69 Å². The molecule has 1 N–H and O–H groups in total. The van der Waals surface area contributed by atoms with Crippen LogP contribution in [0.2, 0.25) is 0 Å². The van der Waals surface area contributed by atoms with Crippen molar-refractivity contribution in [3.05, 3.63) is 106 Å². The molecule has 2 heterocycles. The first kappa shape index (κ1) is 23.1. The predicted molar refractivity (Wildman–Crippen MR) is 140 cm³/mol. The highest BCUT2D eigenvalue weighted by atomic mass is 16.5. The quantitative estimate of drug-likeness (QED) is 0.383. The van der Waals surface area contributed by atoms with E-state index in [-0.39, 0.29) is 28.0 Å². The second kappa shape index (κ2) is 8.23. The van der Waals surface area contributed by atoms with Crippen LogP contribution in [0.3, 0.4) is 0 Å². The molecule has 4 heteroatoms. The van der Waals surface area contributed by atoms with Gasteiger partial charge in [-0.2, -0.15) is 0 Å². The molecule has 0 aromatic heterocycles. The van der Waals surface area contributed by atoms with E-state index in [2.05, 4.69) is 58.1 Å². The average Bonchev–Trinajstić information content (AvgIpc) is 3.07. The molecule has 178 valence electrons. The van der Waals surface area contributed by atoms with Crippen LogP contribution in [-0.4, -0.2) is 18.1 Å². The van der Waals surface area contributed by atoms with Crippen molar-refractivity contribution < 1.29 is 14.3 Å². The largest absolute Gasteiger partial charge is 0.461 e. The van der Waals surface area contributed by atoms with Crippen molar-refractivity contribution in [3.63, 3.8) is 0 Å². The summed E-state index contributed by atoms with van der Waals surface area (Å²) in [5.74, 6) is 0.869. The van der Waals surface area contributed by atoms with E-state index in [0.29, 0.717) is 22.5 Å².